The van der Waals surface area contributed by atoms with Gasteiger partial charge in [0.2, 0.25) is 10.0 Å². The third-order valence-electron chi connectivity index (χ3n) is 3.74. The van der Waals surface area contributed by atoms with Crippen LogP contribution in [0.5, 0.6) is 0 Å². The van der Waals surface area contributed by atoms with E-state index in [1.165, 1.54) is 5.56 Å². The van der Waals surface area contributed by atoms with E-state index in [1.807, 2.05) is 30.3 Å². The number of carbonyl (C=O) groups excluding carboxylic acids is 1. The van der Waals surface area contributed by atoms with Gasteiger partial charge < -0.3 is 5.32 Å². The van der Waals surface area contributed by atoms with Crippen LogP contribution in [0.1, 0.15) is 35.7 Å². The lowest BCUT2D eigenvalue weighted by Gasteiger charge is -2.13. The Morgan fingerprint density at radius 3 is 2.25 bits per heavy atom. The van der Waals surface area contributed by atoms with Crippen LogP contribution < -0.4 is 10.0 Å². The number of rotatable bonds is 7. The zero-order valence-electron chi connectivity index (χ0n) is 13.8. The summed E-state index contributed by atoms with van der Waals surface area (Å²) in [6.45, 7) is 4.16. The fraction of sp³-hybridized carbons (Fsp3) is 0.278. The summed E-state index contributed by atoms with van der Waals surface area (Å²) in [5.41, 5.74) is 2.11. The van der Waals surface area contributed by atoms with Crippen LogP contribution in [-0.2, 0) is 10.0 Å². The highest BCUT2D eigenvalue weighted by atomic mass is 32.2. The second-order valence-corrected chi connectivity index (χ2v) is 7.62. The second-order valence-electron chi connectivity index (χ2n) is 5.60. The van der Waals surface area contributed by atoms with Crippen molar-refractivity contribution in [1.29, 1.82) is 0 Å². The Bertz CT molecular complexity index is 772. The van der Waals surface area contributed by atoms with E-state index in [0.29, 0.717) is 17.8 Å². The van der Waals surface area contributed by atoms with E-state index in [1.54, 1.807) is 31.2 Å². The molecule has 2 rings (SSSR count). The van der Waals surface area contributed by atoms with E-state index in [9.17, 15) is 13.2 Å². The molecule has 1 amide bonds. The Balaban J connectivity index is 1.93. The Labute approximate surface area is 143 Å². The van der Waals surface area contributed by atoms with E-state index in [2.05, 4.69) is 17.0 Å². The van der Waals surface area contributed by atoms with Crippen molar-refractivity contribution < 1.29 is 13.2 Å². The molecule has 0 saturated carbocycles. The van der Waals surface area contributed by atoms with Crippen molar-refractivity contribution in [2.75, 3.05) is 17.0 Å². The van der Waals surface area contributed by atoms with Gasteiger partial charge in [0.1, 0.15) is 0 Å². The van der Waals surface area contributed by atoms with Gasteiger partial charge in [0.05, 0.1) is 5.75 Å². The van der Waals surface area contributed by atoms with Gasteiger partial charge in [-0.2, -0.15) is 0 Å². The van der Waals surface area contributed by atoms with Crippen molar-refractivity contribution >= 4 is 21.6 Å². The number of hydrogen-bond acceptors (Lipinski definition) is 3. The van der Waals surface area contributed by atoms with E-state index >= 15 is 0 Å². The molecule has 128 valence electrons. The van der Waals surface area contributed by atoms with Gasteiger partial charge in [0.15, 0.2) is 0 Å². The van der Waals surface area contributed by atoms with Gasteiger partial charge in [0.25, 0.3) is 5.91 Å². The molecule has 0 fully saturated rings. The molecule has 1 unspecified atom stereocenters. The van der Waals surface area contributed by atoms with Crippen LogP contribution in [-0.4, -0.2) is 26.6 Å². The summed E-state index contributed by atoms with van der Waals surface area (Å²) in [5, 5.41) is 2.90. The number of benzene rings is 2. The van der Waals surface area contributed by atoms with Crippen molar-refractivity contribution in [3.8, 4) is 0 Å². The average molecular weight is 346 g/mol. The third-order valence-corrected chi connectivity index (χ3v) is 5.04. The first-order valence-corrected chi connectivity index (χ1v) is 9.50. The van der Waals surface area contributed by atoms with Crippen LogP contribution in [0.3, 0.4) is 0 Å². The van der Waals surface area contributed by atoms with Crippen LogP contribution in [0, 0.1) is 0 Å². The average Bonchev–Trinajstić information content (AvgIpc) is 2.60. The van der Waals surface area contributed by atoms with E-state index < -0.39 is 10.0 Å². The van der Waals surface area contributed by atoms with E-state index in [4.69, 9.17) is 0 Å². The first-order valence-electron chi connectivity index (χ1n) is 7.85. The molecule has 2 aromatic carbocycles. The topological polar surface area (TPSA) is 75.3 Å². The summed E-state index contributed by atoms with van der Waals surface area (Å²) in [6.07, 6.45) is 0. The summed E-state index contributed by atoms with van der Waals surface area (Å²) >= 11 is 0. The van der Waals surface area contributed by atoms with Gasteiger partial charge in [-0.1, -0.05) is 37.3 Å². The minimum Gasteiger partial charge on any atom is -0.351 e. The monoisotopic (exact) mass is 346 g/mol. The molecule has 0 spiro atoms. The van der Waals surface area contributed by atoms with Crippen LogP contribution in [0.2, 0.25) is 0 Å². The number of hydrogen-bond donors (Lipinski definition) is 2. The van der Waals surface area contributed by atoms with Crippen molar-refractivity contribution in [2.24, 2.45) is 0 Å². The lowest BCUT2D eigenvalue weighted by Crippen LogP contribution is -2.27. The lowest BCUT2D eigenvalue weighted by molar-refractivity contribution is 0.0951. The maximum atomic E-state index is 12.2. The van der Waals surface area contributed by atoms with Crippen LogP contribution in [0.25, 0.3) is 0 Å². The largest absolute Gasteiger partial charge is 0.351 e. The molecule has 0 aliphatic rings. The zero-order valence-corrected chi connectivity index (χ0v) is 14.6. The number of sulfonamides is 1. The predicted molar refractivity (Wildman–Crippen MR) is 96.7 cm³/mol. The van der Waals surface area contributed by atoms with Crippen molar-refractivity contribution in [1.82, 2.24) is 5.32 Å². The first kappa shape index (κ1) is 18.0. The first-order chi connectivity index (χ1) is 11.4. The van der Waals surface area contributed by atoms with Crippen LogP contribution in [0.4, 0.5) is 5.69 Å². The number of carbonyl (C=O) groups is 1. The van der Waals surface area contributed by atoms with Gasteiger partial charge in [-0.25, -0.2) is 8.42 Å². The molecular weight excluding hydrogens is 324 g/mol. The Hall–Kier alpha value is -2.34. The standard InChI is InChI=1S/C18H22N2O3S/c1-3-24(22,23)20-17-11-9-16(10-12-17)18(21)19-13-14(2)15-7-5-4-6-8-15/h4-12,14,20H,3,13H2,1-2H3,(H,19,21). The number of nitrogens with one attached hydrogen (secondary N) is 2. The summed E-state index contributed by atoms with van der Waals surface area (Å²) in [5.74, 6) is 0.0422. The molecule has 6 heteroatoms. The molecular formula is C18H22N2O3S. The fourth-order valence-electron chi connectivity index (χ4n) is 2.19. The summed E-state index contributed by atoms with van der Waals surface area (Å²) in [6, 6.07) is 16.4. The number of anilines is 1. The van der Waals surface area contributed by atoms with Crippen molar-refractivity contribution in [3.05, 3.63) is 65.7 Å². The minimum absolute atomic E-state index is 0.00656. The second kappa shape index (κ2) is 7.97. The molecule has 0 bridgehead atoms. The fourth-order valence-corrected chi connectivity index (χ4v) is 2.83. The van der Waals surface area contributed by atoms with Crippen molar-refractivity contribution in [2.45, 2.75) is 19.8 Å². The molecule has 2 aromatic rings. The maximum Gasteiger partial charge on any atom is 0.251 e. The molecule has 5 nitrogen and oxygen atoms in total. The maximum absolute atomic E-state index is 12.2. The van der Waals surface area contributed by atoms with Gasteiger partial charge in [-0.3, -0.25) is 9.52 Å². The number of amides is 1. The highest BCUT2D eigenvalue weighted by Crippen LogP contribution is 2.14. The van der Waals surface area contributed by atoms with Gasteiger partial charge >= 0.3 is 0 Å². The van der Waals surface area contributed by atoms with Gasteiger partial charge in [-0.15, -0.1) is 0 Å². The van der Waals surface area contributed by atoms with Gasteiger partial charge in [0, 0.05) is 17.8 Å². The summed E-state index contributed by atoms with van der Waals surface area (Å²) < 4.78 is 25.5. The summed E-state index contributed by atoms with van der Waals surface area (Å²) in [4.78, 5) is 12.2. The lowest BCUT2D eigenvalue weighted by atomic mass is 10.0. The molecule has 2 N–H and O–H groups in total. The minimum atomic E-state index is -3.31. The van der Waals surface area contributed by atoms with E-state index in [0.717, 1.165) is 0 Å². The molecule has 0 aliphatic heterocycles. The highest BCUT2D eigenvalue weighted by molar-refractivity contribution is 7.92. The SMILES string of the molecule is CCS(=O)(=O)Nc1ccc(C(=O)NCC(C)c2ccccc2)cc1. The third kappa shape index (κ3) is 5.09. The zero-order chi connectivity index (χ0) is 17.6. The van der Waals surface area contributed by atoms with Crippen LogP contribution in [0.15, 0.2) is 54.6 Å². The molecule has 0 radical (unpaired) electrons. The Morgan fingerprint density at radius 1 is 1.04 bits per heavy atom. The molecule has 0 heterocycles. The van der Waals surface area contributed by atoms with E-state index in [-0.39, 0.29) is 17.6 Å². The Kier molecular flexibility index (Phi) is 5.98. The molecule has 24 heavy (non-hydrogen) atoms. The summed E-state index contributed by atoms with van der Waals surface area (Å²) in [7, 11) is -3.31. The smallest absolute Gasteiger partial charge is 0.251 e. The predicted octanol–water partition coefficient (Wildman–Crippen LogP) is 2.98. The normalized spacial score (nSPS) is 12.4. The molecule has 0 saturated heterocycles. The van der Waals surface area contributed by atoms with Gasteiger partial charge in [-0.05, 0) is 42.7 Å². The molecule has 1 atom stereocenters. The Morgan fingerprint density at radius 2 is 1.67 bits per heavy atom. The molecule has 0 aliphatic carbocycles. The highest BCUT2D eigenvalue weighted by Gasteiger charge is 2.11. The van der Waals surface area contributed by atoms with Crippen molar-refractivity contribution in [3.63, 3.8) is 0 Å². The molecule has 0 aromatic heterocycles. The van der Waals surface area contributed by atoms with Crippen LogP contribution >= 0.6 is 0 Å². The quantitative estimate of drug-likeness (QED) is 0.809.